The minimum Gasteiger partial charge on any atom is -0.448 e. The van der Waals surface area contributed by atoms with Crippen molar-refractivity contribution in [2.24, 2.45) is 0 Å². The normalized spacial score (nSPS) is 17.7. The van der Waals surface area contributed by atoms with E-state index in [9.17, 15) is 14.0 Å². The van der Waals surface area contributed by atoms with E-state index in [1.807, 2.05) is 6.92 Å². The van der Waals surface area contributed by atoms with Gasteiger partial charge in [0, 0.05) is 24.7 Å². The number of para-hydroxylation sites is 1. The van der Waals surface area contributed by atoms with Crippen molar-refractivity contribution in [3.63, 3.8) is 0 Å². The van der Waals surface area contributed by atoms with E-state index < -0.39 is 11.9 Å². The summed E-state index contributed by atoms with van der Waals surface area (Å²) in [6.45, 7) is 2.46. The predicted octanol–water partition coefficient (Wildman–Crippen LogP) is 2.57. The molecule has 1 aromatic carbocycles. The van der Waals surface area contributed by atoms with Crippen LogP contribution in [0.15, 0.2) is 28.7 Å². The Morgan fingerprint density at radius 2 is 2.26 bits per heavy atom. The summed E-state index contributed by atoms with van der Waals surface area (Å²) >= 11 is 1.52. The van der Waals surface area contributed by atoms with E-state index in [0.717, 1.165) is 0 Å². The average Bonchev–Trinajstić information content (AvgIpc) is 3.20. The van der Waals surface area contributed by atoms with Crippen LogP contribution in [0.4, 0.5) is 4.39 Å². The fourth-order valence-corrected chi connectivity index (χ4v) is 3.68. The first-order valence-electron chi connectivity index (χ1n) is 7.34. The Morgan fingerprint density at radius 3 is 2.96 bits per heavy atom. The maximum Gasteiger partial charge on any atom is 0.291 e. The van der Waals surface area contributed by atoms with E-state index in [2.05, 4.69) is 0 Å². The Hall–Kier alpha value is -2.02. The maximum absolute atomic E-state index is 13.7. The molecule has 2 heterocycles. The fraction of sp³-hybridized carbons (Fsp3) is 0.375. The van der Waals surface area contributed by atoms with Gasteiger partial charge in [0.25, 0.3) is 5.91 Å². The minimum atomic E-state index is -0.504. The molecule has 0 bridgehead atoms. The molecule has 1 fully saturated rings. The van der Waals surface area contributed by atoms with Crippen LogP contribution < -0.4 is 0 Å². The van der Waals surface area contributed by atoms with Crippen molar-refractivity contribution in [3.8, 4) is 0 Å². The lowest BCUT2D eigenvalue weighted by molar-refractivity contribution is -0.133. The van der Waals surface area contributed by atoms with Gasteiger partial charge in [-0.3, -0.25) is 9.59 Å². The van der Waals surface area contributed by atoms with Crippen molar-refractivity contribution in [1.82, 2.24) is 9.80 Å². The first-order valence-corrected chi connectivity index (χ1v) is 8.50. The number of thioether (sulfide) groups is 1. The smallest absolute Gasteiger partial charge is 0.291 e. The van der Waals surface area contributed by atoms with Gasteiger partial charge in [-0.15, -0.1) is 11.8 Å². The SMILES string of the molecule is CCN(C)C(=O)C1CSCN1C(=O)c1cc2cccc(F)c2o1. The van der Waals surface area contributed by atoms with Gasteiger partial charge in [0.15, 0.2) is 17.2 Å². The summed E-state index contributed by atoms with van der Waals surface area (Å²) in [4.78, 5) is 28.1. The number of fused-ring (bicyclic) bond motifs is 1. The molecule has 1 aliphatic heterocycles. The van der Waals surface area contributed by atoms with Crippen molar-refractivity contribution >= 4 is 34.5 Å². The second-order valence-corrected chi connectivity index (χ2v) is 6.41. The topological polar surface area (TPSA) is 53.8 Å². The van der Waals surface area contributed by atoms with E-state index in [1.165, 1.54) is 28.8 Å². The standard InChI is InChI=1S/C16H17FN2O3S/c1-3-18(2)15(20)12-8-23-9-19(12)16(21)13-7-10-5-4-6-11(17)14(10)22-13/h4-7,12H,3,8-9H2,1-2H3. The van der Waals surface area contributed by atoms with Gasteiger partial charge in [0.05, 0.1) is 5.88 Å². The highest BCUT2D eigenvalue weighted by Gasteiger charge is 2.37. The molecular formula is C16H17FN2O3S. The molecule has 23 heavy (non-hydrogen) atoms. The summed E-state index contributed by atoms with van der Waals surface area (Å²) in [5.41, 5.74) is 0.0660. The van der Waals surface area contributed by atoms with Crippen molar-refractivity contribution in [2.75, 3.05) is 25.2 Å². The summed E-state index contributed by atoms with van der Waals surface area (Å²) in [6, 6.07) is 5.56. The highest BCUT2D eigenvalue weighted by molar-refractivity contribution is 7.99. The second-order valence-electron chi connectivity index (χ2n) is 5.41. The number of carbonyl (C=O) groups is 2. The Kier molecular flexibility index (Phi) is 4.30. The summed E-state index contributed by atoms with van der Waals surface area (Å²) in [6.07, 6.45) is 0. The third-order valence-corrected chi connectivity index (χ3v) is 5.00. The molecule has 3 rings (SSSR count). The number of furan rings is 1. The van der Waals surface area contributed by atoms with Gasteiger partial charge in [-0.05, 0) is 19.1 Å². The zero-order chi connectivity index (χ0) is 16.6. The van der Waals surface area contributed by atoms with E-state index in [-0.39, 0.29) is 23.2 Å². The van der Waals surface area contributed by atoms with E-state index in [0.29, 0.717) is 23.6 Å². The minimum absolute atomic E-state index is 0.0598. The molecule has 1 atom stereocenters. The van der Waals surface area contributed by atoms with Crippen LogP contribution in [0.3, 0.4) is 0 Å². The Labute approximate surface area is 137 Å². The number of rotatable bonds is 3. The van der Waals surface area contributed by atoms with Crippen molar-refractivity contribution in [2.45, 2.75) is 13.0 Å². The van der Waals surface area contributed by atoms with Crippen LogP contribution in [0.2, 0.25) is 0 Å². The van der Waals surface area contributed by atoms with Gasteiger partial charge in [0.2, 0.25) is 5.91 Å². The van der Waals surface area contributed by atoms with Crippen LogP contribution in [0.5, 0.6) is 0 Å². The van der Waals surface area contributed by atoms with Gasteiger partial charge in [0.1, 0.15) is 6.04 Å². The predicted molar refractivity (Wildman–Crippen MR) is 86.8 cm³/mol. The van der Waals surface area contributed by atoms with Crippen LogP contribution in [-0.2, 0) is 4.79 Å². The lowest BCUT2D eigenvalue weighted by atomic mass is 10.2. The van der Waals surface area contributed by atoms with Gasteiger partial charge in [-0.25, -0.2) is 4.39 Å². The molecule has 0 spiro atoms. The third kappa shape index (κ3) is 2.81. The molecule has 122 valence electrons. The summed E-state index contributed by atoms with van der Waals surface area (Å²) in [7, 11) is 1.71. The number of hydrogen-bond acceptors (Lipinski definition) is 4. The number of likely N-dealkylation sites (N-methyl/N-ethyl adjacent to an activating group) is 1. The highest BCUT2D eigenvalue weighted by atomic mass is 32.2. The number of hydrogen-bond donors (Lipinski definition) is 0. The van der Waals surface area contributed by atoms with Crippen molar-refractivity contribution in [3.05, 3.63) is 35.8 Å². The highest BCUT2D eigenvalue weighted by Crippen LogP contribution is 2.28. The van der Waals surface area contributed by atoms with Gasteiger partial charge < -0.3 is 14.2 Å². The molecule has 7 heteroatoms. The van der Waals surface area contributed by atoms with Crippen LogP contribution in [0.25, 0.3) is 11.0 Å². The number of benzene rings is 1. The number of carbonyl (C=O) groups excluding carboxylic acids is 2. The van der Waals surface area contributed by atoms with Gasteiger partial charge in [-0.1, -0.05) is 12.1 Å². The average molecular weight is 336 g/mol. The molecule has 2 aromatic rings. The van der Waals surface area contributed by atoms with Crippen molar-refractivity contribution < 1.29 is 18.4 Å². The first kappa shape index (κ1) is 15.9. The molecule has 5 nitrogen and oxygen atoms in total. The summed E-state index contributed by atoms with van der Waals surface area (Å²) < 4.78 is 19.1. The number of halogens is 1. The molecule has 2 amide bonds. The van der Waals surface area contributed by atoms with Crippen LogP contribution >= 0.6 is 11.8 Å². The Morgan fingerprint density at radius 1 is 1.48 bits per heavy atom. The van der Waals surface area contributed by atoms with Crippen LogP contribution in [0.1, 0.15) is 17.5 Å². The van der Waals surface area contributed by atoms with Crippen LogP contribution in [0, 0.1) is 5.82 Å². The lowest BCUT2D eigenvalue weighted by Gasteiger charge is -2.26. The molecule has 1 saturated heterocycles. The molecule has 0 radical (unpaired) electrons. The Balaban J connectivity index is 1.88. The molecule has 0 saturated carbocycles. The number of nitrogens with zero attached hydrogens (tertiary/aromatic N) is 2. The molecular weight excluding hydrogens is 319 g/mol. The largest absolute Gasteiger partial charge is 0.448 e. The van der Waals surface area contributed by atoms with E-state index in [4.69, 9.17) is 4.42 Å². The third-order valence-electron chi connectivity index (χ3n) is 3.99. The zero-order valence-electron chi connectivity index (χ0n) is 12.9. The molecule has 1 unspecified atom stereocenters. The number of amides is 2. The molecule has 0 aliphatic carbocycles. The van der Waals surface area contributed by atoms with E-state index >= 15 is 0 Å². The van der Waals surface area contributed by atoms with Gasteiger partial charge >= 0.3 is 0 Å². The summed E-state index contributed by atoms with van der Waals surface area (Å²) in [5.74, 6) is 0.0670. The van der Waals surface area contributed by atoms with Crippen molar-refractivity contribution in [1.29, 1.82) is 0 Å². The molecule has 0 N–H and O–H groups in total. The quantitative estimate of drug-likeness (QED) is 0.864. The second kappa shape index (κ2) is 6.23. The maximum atomic E-state index is 13.7. The lowest BCUT2D eigenvalue weighted by Crippen LogP contribution is -2.47. The molecule has 1 aromatic heterocycles. The first-order chi connectivity index (χ1) is 11.0. The fourth-order valence-electron chi connectivity index (χ4n) is 2.53. The van der Waals surface area contributed by atoms with Gasteiger partial charge in [-0.2, -0.15) is 0 Å². The summed E-state index contributed by atoms with van der Waals surface area (Å²) in [5, 5.41) is 0.536. The zero-order valence-corrected chi connectivity index (χ0v) is 13.7. The molecule has 1 aliphatic rings. The van der Waals surface area contributed by atoms with E-state index in [1.54, 1.807) is 24.1 Å². The Bertz CT molecular complexity index is 761. The van der Waals surface area contributed by atoms with Crippen LogP contribution in [-0.4, -0.2) is 52.9 Å². The monoisotopic (exact) mass is 336 g/mol.